The van der Waals surface area contributed by atoms with E-state index >= 15 is 0 Å². The fraction of sp³-hybridized carbons (Fsp3) is 0.273. The van der Waals surface area contributed by atoms with E-state index in [0.717, 1.165) is 0 Å². The molecule has 0 bridgehead atoms. The van der Waals surface area contributed by atoms with Gasteiger partial charge >= 0.3 is 5.97 Å². The average molecular weight is 303 g/mol. The van der Waals surface area contributed by atoms with Crippen LogP contribution in [0.4, 0.5) is 0 Å². The van der Waals surface area contributed by atoms with Gasteiger partial charge in [-0.3, -0.25) is 4.79 Å². The Morgan fingerprint density at radius 1 is 1.53 bits per heavy atom. The van der Waals surface area contributed by atoms with Crippen LogP contribution in [0.3, 0.4) is 0 Å². The van der Waals surface area contributed by atoms with Gasteiger partial charge in [-0.25, -0.2) is 13.1 Å². The molecular weight excluding hydrogens is 292 g/mol. The number of hydrogen-bond acceptors (Lipinski definition) is 5. The number of carbonyl (C=O) groups is 1. The topological polar surface area (TPSA) is 96.3 Å². The summed E-state index contributed by atoms with van der Waals surface area (Å²) in [5.41, 5.74) is 0.178. The summed E-state index contributed by atoms with van der Waals surface area (Å²) in [5, 5.41) is 8.73. The van der Waals surface area contributed by atoms with E-state index in [2.05, 4.69) is 9.46 Å². The number of rotatable bonds is 5. The Labute approximate surface area is 116 Å². The Morgan fingerprint density at radius 2 is 2.21 bits per heavy atom. The quantitative estimate of drug-likeness (QED) is 0.820. The first kappa shape index (κ1) is 15.4. The Morgan fingerprint density at radius 3 is 2.79 bits per heavy atom. The highest BCUT2D eigenvalue weighted by molar-refractivity contribution is 7.89. The number of carbonyl (C=O) groups excluding carboxylic acids is 1. The molecule has 0 amide bonds. The van der Waals surface area contributed by atoms with Crippen molar-refractivity contribution in [2.24, 2.45) is 0 Å². The molecule has 0 saturated heterocycles. The predicted octanol–water partition coefficient (Wildman–Crippen LogP) is 1.05. The molecule has 1 rings (SSSR count). The maximum Gasteiger partial charge on any atom is 0.306 e. The Bertz CT molecular complexity index is 622. The van der Waals surface area contributed by atoms with Crippen molar-refractivity contribution in [2.45, 2.75) is 11.3 Å². The molecule has 6 nitrogen and oxygen atoms in total. The van der Waals surface area contributed by atoms with Gasteiger partial charge in [-0.15, -0.1) is 0 Å². The third kappa shape index (κ3) is 4.21. The van der Waals surface area contributed by atoms with Crippen molar-refractivity contribution in [3.8, 4) is 6.07 Å². The first-order valence-corrected chi connectivity index (χ1v) is 7.03. The van der Waals surface area contributed by atoms with Gasteiger partial charge in [0.2, 0.25) is 10.0 Å². The molecule has 19 heavy (non-hydrogen) atoms. The van der Waals surface area contributed by atoms with Crippen LogP contribution in [0.15, 0.2) is 23.1 Å². The minimum Gasteiger partial charge on any atom is -0.469 e. The van der Waals surface area contributed by atoms with Crippen LogP contribution in [0.1, 0.15) is 12.0 Å². The van der Waals surface area contributed by atoms with Crippen molar-refractivity contribution in [3.63, 3.8) is 0 Å². The lowest BCUT2D eigenvalue weighted by Gasteiger charge is -2.08. The van der Waals surface area contributed by atoms with E-state index in [9.17, 15) is 13.2 Å². The van der Waals surface area contributed by atoms with Gasteiger partial charge in [0, 0.05) is 6.54 Å². The van der Waals surface area contributed by atoms with Crippen LogP contribution >= 0.6 is 11.6 Å². The molecule has 0 fully saturated rings. The summed E-state index contributed by atoms with van der Waals surface area (Å²) in [6.45, 7) is -0.109. The molecule has 0 aliphatic carbocycles. The van der Waals surface area contributed by atoms with Crippen molar-refractivity contribution in [1.82, 2.24) is 4.72 Å². The Hall–Kier alpha value is -1.62. The van der Waals surface area contributed by atoms with Crippen LogP contribution < -0.4 is 4.72 Å². The van der Waals surface area contributed by atoms with E-state index < -0.39 is 16.0 Å². The van der Waals surface area contributed by atoms with Gasteiger partial charge in [-0.2, -0.15) is 5.26 Å². The number of nitrogens with one attached hydrogen (secondary N) is 1. The molecule has 1 N–H and O–H groups in total. The van der Waals surface area contributed by atoms with Gasteiger partial charge in [0.25, 0.3) is 0 Å². The lowest BCUT2D eigenvalue weighted by atomic mass is 10.2. The molecule has 0 aliphatic heterocycles. The Kier molecular flexibility index (Phi) is 5.30. The van der Waals surface area contributed by atoms with Gasteiger partial charge < -0.3 is 4.74 Å². The van der Waals surface area contributed by atoms with Crippen LogP contribution in [0.25, 0.3) is 0 Å². The van der Waals surface area contributed by atoms with Crippen molar-refractivity contribution in [1.29, 1.82) is 5.26 Å². The second-order valence-corrected chi connectivity index (χ2v) is 5.62. The smallest absolute Gasteiger partial charge is 0.306 e. The zero-order chi connectivity index (χ0) is 14.5. The first-order valence-electron chi connectivity index (χ1n) is 5.17. The molecule has 0 unspecified atom stereocenters. The number of benzene rings is 1. The number of nitriles is 1. The number of nitrogens with zero attached hydrogens (tertiary/aromatic N) is 1. The number of ether oxygens (including phenoxy) is 1. The van der Waals surface area contributed by atoms with Crippen LogP contribution in [0.2, 0.25) is 5.02 Å². The first-order chi connectivity index (χ1) is 8.90. The molecule has 0 aliphatic rings. The van der Waals surface area contributed by atoms with E-state index in [1.165, 1.54) is 25.3 Å². The highest BCUT2D eigenvalue weighted by Gasteiger charge is 2.18. The molecule has 0 aromatic heterocycles. The highest BCUT2D eigenvalue weighted by Crippen LogP contribution is 2.22. The number of sulfonamides is 1. The van der Waals surface area contributed by atoms with E-state index in [0.29, 0.717) is 0 Å². The second kappa shape index (κ2) is 6.52. The SMILES string of the molecule is COC(=O)CCNS(=O)(=O)c1cc(C#N)ccc1Cl. The molecule has 1 aromatic carbocycles. The molecule has 1 aromatic rings. The normalized spacial score (nSPS) is 10.8. The molecule has 8 heteroatoms. The maximum absolute atomic E-state index is 11.9. The zero-order valence-electron chi connectivity index (χ0n) is 10.0. The minimum absolute atomic E-state index is 0.00423. The fourth-order valence-corrected chi connectivity index (χ4v) is 2.80. The van der Waals surface area contributed by atoms with Gasteiger partial charge in [-0.05, 0) is 18.2 Å². The van der Waals surface area contributed by atoms with Crippen LogP contribution in [-0.2, 0) is 19.6 Å². The number of halogens is 1. The van der Waals surface area contributed by atoms with Crippen LogP contribution in [-0.4, -0.2) is 28.0 Å². The molecule has 0 heterocycles. The van der Waals surface area contributed by atoms with Crippen molar-refractivity contribution >= 4 is 27.6 Å². The van der Waals surface area contributed by atoms with Crippen molar-refractivity contribution in [3.05, 3.63) is 28.8 Å². The third-order valence-electron chi connectivity index (χ3n) is 2.20. The standard InChI is InChI=1S/C11H11ClN2O4S/c1-18-11(15)4-5-14-19(16,17)10-6-8(7-13)2-3-9(10)12/h2-3,6,14H,4-5H2,1H3. The Balaban J connectivity index is 2.89. The van der Waals surface area contributed by atoms with E-state index in [1.807, 2.05) is 6.07 Å². The van der Waals surface area contributed by atoms with Gasteiger partial charge in [-0.1, -0.05) is 11.6 Å². The van der Waals surface area contributed by atoms with E-state index in [-0.39, 0.29) is 28.4 Å². The van der Waals surface area contributed by atoms with Gasteiger partial charge in [0.1, 0.15) is 4.90 Å². The monoisotopic (exact) mass is 302 g/mol. The molecule has 0 radical (unpaired) electrons. The average Bonchev–Trinajstić information content (AvgIpc) is 2.38. The number of esters is 1. The second-order valence-electron chi connectivity index (χ2n) is 3.48. The number of methoxy groups -OCH3 is 1. The van der Waals surface area contributed by atoms with Gasteiger partial charge in [0.05, 0.1) is 30.2 Å². The van der Waals surface area contributed by atoms with Crippen molar-refractivity contribution < 1.29 is 17.9 Å². The minimum atomic E-state index is -3.87. The predicted molar refractivity (Wildman–Crippen MR) is 68.0 cm³/mol. The van der Waals surface area contributed by atoms with Crippen LogP contribution in [0, 0.1) is 11.3 Å². The fourth-order valence-electron chi connectivity index (χ4n) is 1.25. The molecule has 102 valence electrons. The largest absolute Gasteiger partial charge is 0.469 e. The third-order valence-corrected chi connectivity index (χ3v) is 4.14. The summed E-state index contributed by atoms with van der Waals surface area (Å²) in [6.07, 6.45) is -0.0920. The maximum atomic E-state index is 11.9. The lowest BCUT2D eigenvalue weighted by molar-refractivity contribution is -0.140. The van der Waals surface area contributed by atoms with Crippen molar-refractivity contribution in [2.75, 3.05) is 13.7 Å². The van der Waals surface area contributed by atoms with E-state index in [4.69, 9.17) is 16.9 Å². The summed E-state index contributed by atoms with van der Waals surface area (Å²) in [5.74, 6) is -0.528. The number of hydrogen-bond donors (Lipinski definition) is 1. The summed E-state index contributed by atoms with van der Waals surface area (Å²) >= 11 is 5.79. The summed E-state index contributed by atoms with van der Waals surface area (Å²) in [4.78, 5) is 10.7. The lowest BCUT2D eigenvalue weighted by Crippen LogP contribution is -2.27. The summed E-state index contributed by atoms with van der Waals surface area (Å²) < 4.78 is 30.5. The van der Waals surface area contributed by atoms with Gasteiger partial charge in [0.15, 0.2) is 0 Å². The molecule has 0 spiro atoms. The summed E-state index contributed by atoms with van der Waals surface area (Å²) in [6, 6.07) is 5.74. The van der Waals surface area contributed by atoms with Crippen LogP contribution in [0.5, 0.6) is 0 Å². The molecule has 0 saturated carbocycles. The van der Waals surface area contributed by atoms with E-state index in [1.54, 1.807) is 0 Å². The molecular formula is C11H11ClN2O4S. The molecule has 0 atom stereocenters. The zero-order valence-corrected chi connectivity index (χ0v) is 11.6. The summed E-state index contributed by atoms with van der Waals surface area (Å²) in [7, 11) is -2.66. The highest BCUT2D eigenvalue weighted by atomic mass is 35.5.